The van der Waals surface area contributed by atoms with Gasteiger partial charge in [0.15, 0.2) is 6.61 Å². The maximum Gasteiger partial charge on any atom is 0.306 e. The standard InChI is InChI=1S/C20H22ClNO5/c1-14-5-8-16(9-6-14)26-11-3-4-20(24)27-13-19(23)22-17-12-15(21)7-10-18(17)25-2/h5-10,12H,3-4,11,13H2,1-2H3,(H,22,23). The third-order valence-corrected chi connectivity index (χ3v) is 3.85. The number of anilines is 1. The van der Waals surface area contributed by atoms with E-state index in [2.05, 4.69) is 5.32 Å². The molecule has 0 fully saturated rings. The fourth-order valence-corrected chi connectivity index (χ4v) is 2.40. The average Bonchev–Trinajstić information content (AvgIpc) is 2.65. The smallest absolute Gasteiger partial charge is 0.306 e. The number of methoxy groups -OCH3 is 1. The second-order valence-corrected chi connectivity index (χ2v) is 6.25. The fourth-order valence-electron chi connectivity index (χ4n) is 2.22. The van der Waals surface area contributed by atoms with Gasteiger partial charge in [-0.3, -0.25) is 9.59 Å². The van der Waals surface area contributed by atoms with Crippen molar-refractivity contribution in [2.45, 2.75) is 19.8 Å². The van der Waals surface area contributed by atoms with E-state index in [1.807, 2.05) is 31.2 Å². The van der Waals surface area contributed by atoms with Crippen molar-refractivity contribution < 1.29 is 23.8 Å². The SMILES string of the molecule is COc1ccc(Cl)cc1NC(=O)COC(=O)CCCOc1ccc(C)cc1. The molecule has 2 aromatic carbocycles. The third kappa shape index (κ3) is 7.19. The zero-order chi connectivity index (χ0) is 19.6. The highest BCUT2D eigenvalue weighted by atomic mass is 35.5. The molecule has 0 radical (unpaired) electrons. The first-order valence-electron chi connectivity index (χ1n) is 8.46. The quantitative estimate of drug-likeness (QED) is 0.516. The van der Waals surface area contributed by atoms with Crippen molar-refractivity contribution in [3.63, 3.8) is 0 Å². The molecule has 7 heteroatoms. The van der Waals surface area contributed by atoms with E-state index in [0.717, 1.165) is 11.3 Å². The molecule has 0 aliphatic carbocycles. The van der Waals surface area contributed by atoms with Gasteiger partial charge < -0.3 is 19.5 Å². The lowest BCUT2D eigenvalue weighted by atomic mass is 10.2. The first-order chi connectivity index (χ1) is 13.0. The van der Waals surface area contributed by atoms with E-state index in [4.69, 9.17) is 25.8 Å². The van der Waals surface area contributed by atoms with Crippen molar-refractivity contribution in [3.8, 4) is 11.5 Å². The van der Waals surface area contributed by atoms with E-state index in [-0.39, 0.29) is 13.0 Å². The summed E-state index contributed by atoms with van der Waals surface area (Å²) in [6.07, 6.45) is 0.663. The van der Waals surface area contributed by atoms with Gasteiger partial charge in [-0.05, 0) is 43.7 Å². The van der Waals surface area contributed by atoms with Crippen LogP contribution in [-0.4, -0.2) is 32.2 Å². The summed E-state index contributed by atoms with van der Waals surface area (Å²) < 4.78 is 15.6. The van der Waals surface area contributed by atoms with Crippen LogP contribution >= 0.6 is 11.6 Å². The minimum atomic E-state index is -0.472. The molecular formula is C20H22ClNO5. The predicted molar refractivity (Wildman–Crippen MR) is 104 cm³/mol. The summed E-state index contributed by atoms with van der Waals surface area (Å²) in [6.45, 7) is 2.01. The number of carbonyl (C=O) groups excluding carboxylic acids is 2. The Morgan fingerprint density at radius 3 is 2.56 bits per heavy atom. The first kappa shape index (κ1) is 20.6. The van der Waals surface area contributed by atoms with E-state index >= 15 is 0 Å². The molecule has 2 aromatic rings. The molecule has 2 rings (SSSR count). The van der Waals surface area contributed by atoms with Gasteiger partial charge in [-0.15, -0.1) is 0 Å². The highest BCUT2D eigenvalue weighted by Gasteiger charge is 2.11. The van der Waals surface area contributed by atoms with Crippen molar-refractivity contribution in [2.24, 2.45) is 0 Å². The van der Waals surface area contributed by atoms with Crippen LogP contribution in [0.25, 0.3) is 0 Å². The van der Waals surface area contributed by atoms with Crippen LogP contribution < -0.4 is 14.8 Å². The molecule has 0 saturated carbocycles. The summed E-state index contributed by atoms with van der Waals surface area (Å²) in [4.78, 5) is 23.7. The van der Waals surface area contributed by atoms with Gasteiger partial charge in [-0.1, -0.05) is 29.3 Å². The number of rotatable bonds is 9. The number of halogens is 1. The lowest BCUT2D eigenvalue weighted by Crippen LogP contribution is -2.21. The molecule has 0 unspecified atom stereocenters. The Morgan fingerprint density at radius 1 is 1.11 bits per heavy atom. The van der Waals surface area contributed by atoms with Crippen molar-refractivity contribution >= 4 is 29.2 Å². The number of hydrogen-bond acceptors (Lipinski definition) is 5. The van der Waals surface area contributed by atoms with Crippen molar-refractivity contribution in [1.29, 1.82) is 0 Å². The van der Waals surface area contributed by atoms with Crippen LogP contribution in [0.4, 0.5) is 5.69 Å². The maximum absolute atomic E-state index is 11.9. The molecule has 6 nitrogen and oxygen atoms in total. The summed E-state index contributed by atoms with van der Waals surface area (Å²) in [5.74, 6) is 0.284. The lowest BCUT2D eigenvalue weighted by Gasteiger charge is -2.11. The first-order valence-corrected chi connectivity index (χ1v) is 8.84. The van der Waals surface area contributed by atoms with Gasteiger partial charge in [0.25, 0.3) is 5.91 Å². The molecule has 144 valence electrons. The molecule has 1 N–H and O–H groups in total. The number of nitrogens with one attached hydrogen (secondary N) is 1. The molecule has 0 saturated heterocycles. The van der Waals surface area contributed by atoms with Crippen LogP contribution in [0.1, 0.15) is 18.4 Å². The number of carbonyl (C=O) groups is 2. The average molecular weight is 392 g/mol. The Balaban J connectivity index is 1.67. The Bertz CT molecular complexity index is 776. The van der Waals surface area contributed by atoms with E-state index < -0.39 is 11.9 Å². The van der Waals surface area contributed by atoms with E-state index in [0.29, 0.717) is 29.5 Å². The zero-order valence-electron chi connectivity index (χ0n) is 15.3. The van der Waals surface area contributed by atoms with E-state index in [1.54, 1.807) is 18.2 Å². The lowest BCUT2D eigenvalue weighted by molar-refractivity contribution is -0.147. The van der Waals surface area contributed by atoms with Gasteiger partial charge in [0.1, 0.15) is 11.5 Å². The van der Waals surface area contributed by atoms with Crippen molar-refractivity contribution in [2.75, 3.05) is 25.6 Å². The number of ether oxygens (including phenoxy) is 3. The molecule has 0 heterocycles. The molecule has 0 aromatic heterocycles. The van der Waals surface area contributed by atoms with Gasteiger partial charge in [0.05, 0.1) is 19.4 Å². The molecular weight excluding hydrogens is 370 g/mol. The van der Waals surface area contributed by atoms with Crippen LogP contribution in [0.3, 0.4) is 0 Å². The number of esters is 1. The molecule has 0 aliphatic heterocycles. The molecule has 1 amide bonds. The normalized spacial score (nSPS) is 10.2. The van der Waals surface area contributed by atoms with Crippen LogP contribution in [0.5, 0.6) is 11.5 Å². The second kappa shape index (κ2) is 10.4. The van der Waals surface area contributed by atoms with Crippen LogP contribution in [0.15, 0.2) is 42.5 Å². The number of benzene rings is 2. The number of aryl methyl sites for hydroxylation is 1. The van der Waals surface area contributed by atoms with Crippen LogP contribution in [-0.2, 0) is 14.3 Å². The van der Waals surface area contributed by atoms with Gasteiger partial charge in [-0.2, -0.15) is 0 Å². The van der Waals surface area contributed by atoms with Gasteiger partial charge in [0.2, 0.25) is 0 Å². The van der Waals surface area contributed by atoms with Gasteiger partial charge >= 0.3 is 5.97 Å². The summed E-state index contributed by atoms with van der Waals surface area (Å²) in [5.41, 5.74) is 1.57. The highest BCUT2D eigenvalue weighted by Crippen LogP contribution is 2.27. The molecule has 27 heavy (non-hydrogen) atoms. The van der Waals surface area contributed by atoms with Gasteiger partial charge in [-0.25, -0.2) is 0 Å². The summed E-state index contributed by atoms with van der Waals surface area (Å²) >= 11 is 5.90. The summed E-state index contributed by atoms with van der Waals surface area (Å²) in [5, 5.41) is 3.06. The number of hydrogen-bond donors (Lipinski definition) is 1. The van der Waals surface area contributed by atoms with E-state index in [1.165, 1.54) is 7.11 Å². The summed E-state index contributed by atoms with van der Waals surface area (Å²) in [7, 11) is 1.48. The molecule has 0 atom stereocenters. The van der Waals surface area contributed by atoms with Crippen molar-refractivity contribution in [3.05, 3.63) is 53.1 Å². The van der Waals surface area contributed by atoms with Crippen LogP contribution in [0.2, 0.25) is 5.02 Å². The fraction of sp³-hybridized carbons (Fsp3) is 0.300. The number of amides is 1. The monoisotopic (exact) mass is 391 g/mol. The van der Waals surface area contributed by atoms with Crippen LogP contribution in [0, 0.1) is 6.92 Å². The second-order valence-electron chi connectivity index (χ2n) is 5.82. The Labute approximate surface area is 163 Å². The highest BCUT2D eigenvalue weighted by molar-refractivity contribution is 6.31. The topological polar surface area (TPSA) is 73.9 Å². The molecule has 0 spiro atoms. The Hall–Kier alpha value is -2.73. The van der Waals surface area contributed by atoms with E-state index in [9.17, 15) is 9.59 Å². The maximum atomic E-state index is 11.9. The minimum absolute atomic E-state index is 0.166. The third-order valence-electron chi connectivity index (χ3n) is 3.61. The molecule has 0 aliphatic rings. The predicted octanol–water partition coefficient (Wildman–Crippen LogP) is 4.00. The Morgan fingerprint density at radius 2 is 1.85 bits per heavy atom. The zero-order valence-corrected chi connectivity index (χ0v) is 16.0. The minimum Gasteiger partial charge on any atom is -0.495 e. The molecule has 0 bridgehead atoms. The van der Waals surface area contributed by atoms with Crippen molar-refractivity contribution in [1.82, 2.24) is 0 Å². The Kier molecular flexibility index (Phi) is 7.95. The largest absolute Gasteiger partial charge is 0.495 e. The summed E-state index contributed by atoms with van der Waals surface area (Å²) in [6, 6.07) is 12.5. The van der Waals surface area contributed by atoms with Gasteiger partial charge in [0, 0.05) is 11.4 Å².